The molecule has 5 rings (SSSR count). The van der Waals surface area contributed by atoms with E-state index >= 15 is 0 Å². The number of carbonyl (C=O) groups excluding carboxylic acids is 2. The Morgan fingerprint density at radius 1 is 1.17 bits per heavy atom. The van der Waals surface area contributed by atoms with E-state index in [0.29, 0.717) is 22.8 Å². The van der Waals surface area contributed by atoms with Crippen molar-refractivity contribution in [3.63, 3.8) is 0 Å². The number of ether oxygens (including phenoxy) is 1. The van der Waals surface area contributed by atoms with Crippen molar-refractivity contribution in [1.29, 1.82) is 0 Å². The highest BCUT2D eigenvalue weighted by Gasteiger charge is 2.59. The lowest BCUT2D eigenvalue weighted by Gasteiger charge is -2.13. The Bertz CT molecular complexity index is 1100. The summed E-state index contributed by atoms with van der Waals surface area (Å²) in [7, 11) is 1.46. The van der Waals surface area contributed by atoms with E-state index in [-0.39, 0.29) is 41.2 Å². The van der Waals surface area contributed by atoms with Gasteiger partial charge in [-0.15, -0.1) is 0 Å². The first-order chi connectivity index (χ1) is 14.5. The molecule has 4 atom stereocenters. The van der Waals surface area contributed by atoms with Gasteiger partial charge in [0.1, 0.15) is 17.3 Å². The predicted octanol–water partition coefficient (Wildman–Crippen LogP) is 3.00. The van der Waals surface area contributed by atoms with Gasteiger partial charge in [-0.05, 0) is 36.5 Å². The number of benzene rings is 1. The van der Waals surface area contributed by atoms with Gasteiger partial charge >= 0.3 is 0 Å². The Morgan fingerprint density at radius 3 is 2.50 bits per heavy atom. The van der Waals surface area contributed by atoms with E-state index in [1.165, 1.54) is 31.5 Å². The maximum Gasteiger partial charge on any atom is 0.270 e. The number of rotatable bonds is 5. The summed E-state index contributed by atoms with van der Waals surface area (Å²) in [6.07, 6.45) is 6.21. The smallest absolute Gasteiger partial charge is 0.270 e. The summed E-state index contributed by atoms with van der Waals surface area (Å²) in [5.74, 6) is 0.125. The summed E-state index contributed by atoms with van der Waals surface area (Å²) in [6.45, 7) is 0. The zero-order valence-corrected chi connectivity index (χ0v) is 15.9. The van der Waals surface area contributed by atoms with Crippen LogP contribution in [0.4, 0.5) is 5.69 Å². The Hall–Kier alpha value is -3.75. The monoisotopic (exact) mass is 407 g/mol. The van der Waals surface area contributed by atoms with Crippen LogP contribution in [0.5, 0.6) is 5.75 Å². The van der Waals surface area contributed by atoms with Gasteiger partial charge < -0.3 is 9.15 Å². The van der Waals surface area contributed by atoms with Gasteiger partial charge in [0.25, 0.3) is 17.5 Å². The first kappa shape index (κ1) is 18.3. The van der Waals surface area contributed by atoms with Crippen molar-refractivity contribution in [2.45, 2.75) is 6.42 Å². The number of hydrogen-bond acceptors (Lipinski definition) is 7. The number of imide groups is 1. The Labute approximate surface area is 170 Å². The Kier molecular flexibility index (Phi) is 4.05. The van der Waals surface area contributed by atoms with E-state index in [1.807, 2.05) is 12.2 Å². The minimum absolute atomic E-state index is 0.0968. The van der Waals surface area contributed by atoms with Gasteiger partial charge in [-0.1, -0.05) is 12.2 Å². The number of furan rings is 1. The fourth-order valence-corrected chi connectivity index (χ4v) is 4.68. The maximum absolute atomic E-state index is 12.7. The van der Waals surface area contributed by atoms with E-state index in [4.69, 9.17) is 9.15 Å². The van der Waals surface area contributed by atoms with Crippen molar-refractivity contribution in [3.8, 4) is 17.1 Å². The van der Waals surface area contributed by atoms with Crippen LogP contribution in [-0.4, -0.2) is 35.1 Å². The number of nitro groups is 1. The number of fused-ring (bicyclic) bond motifs is 5. The normalized spacial score (nSPS) is 26.8. The van der Waals surface area contributed by atoms with Crippen LogP contribution in [0.2, 0.25) is 0 Å². The number of hydrazone groups is 1. The average Bonchev–Trinajstić information content (AvgIpc) is 3.51. The van der Waals surface area contributed by atoms with Gasteiger partial charge in [-0.3, -0.25) is 19.7 Å². The SMILES string of the molecule is COc1ccc([N+](=O)[O-])cc1-c1ccc(/C=N\N2C(=O)[C@@H]3[C@H](C2=O)[C@H]2C=C[C@@H]3C2)o1. The summed E-state index contributed by atoms with van der Waals surface area (Å²) >= 11 is 0. The minimum atomic E-state index is -0.502. The van der Waals surface area contributed by atoms with Crippen LogP contribution in [0, 0.1) is 33.8 Å². The van der Waals surface area contributed by atoms with Gasteiger partial charge in [0.05, 0.1) is 35.6 Å². The number of allylic oxidation sites excluding steroid dienone is 2. The first-order valence-corrected chi connectivity index (χ1v) is 9.50. The molecule has 1 saturated carbocycles. The quantitative estimate of drug-likeness (QED) is 0.247. The van der Waals surface area contributed by atoms with Crippen LogP contribution in [0.25, 0.3) is 11.3 Å². The Morgan fingerprint density at radius 2 is 1.87 bits per heavy atom. The molecule has 3 aliphatic rings. The fourth-order valence-electron chi connectivity index (χ4n) is 4.68. The van der Waals surface area contributed by atoms with Gasteiger partial charge in [0, 0.05) is 12.1 Å². The third kappa shape index (κ3) is 2.66. The summed E-state index contributed by atoms with van der Waals surface area (Å²) in [5.41, 5.74) is 0.317. The van der Waals surface area contributed by atoms with E-state index in [0.717, 1.165) is 11.4 Å². The molecule has 1 aliphatic heterocycles. The molecule has 1 saturated heterocycles. The number of nitro benzene ring substituents is 1. The van der Waals surface area contributed by atoms with E-state index in [1.54, 1.807) is 12.1 Å². The maximum atomic E-state index is 12.7. The summed E-state index contributed by atoms with van der Waals surface area (Å²) in [5, 5.41) is 16.1. The first-order valence-electron chi connectivity index (χ1n) is 9.50. The van der Waals surface area contributed by atoms with Crippen LogP contribution in [-0.2, 0) is 9.59 Å². The molecule has 1 aromatic heterocycles. The van der Waals surface area contributed by atoms with Gasteiger partial charge in [-0.25, -0.2) is 0 Å². The largest absolute Gasteiger partial charge is 0.496 e. The molecule has 2 aliphatic carbocycles. The zero-order valence-electron chi connectivity index (χ0n) is 15.9. The third-order valence-corrected chi connectivity index (χ3v) is 6.03. The molecule has 0 N–H and O–H groups in total. The molecule has 0 unspecified atom stereocenters. The van der Waals surface area contributed by atoms with Crippen molar-refractivity contribution in [2.24, 2.45) is 28.8 Å². The van der Waals surface area contributed by atoms with Crippen LogP contribution < -0.4 is 4.74 Å². The van der Waals surface area contributed by atoms with Crippen LogP contribution in [0.3, 0.4) is 0 Å². The molecule has 2 fully saturated rings. The second kappa shape index (κ2) is 6.65. The predicted molar refractivity (Wildman–Crippen MR) is 105 cm³/mol. The molecule has 30 heavy (non-hydrogen) atoms. The molecule has 9 heteroatoms. The van der Waals surface area contributed by atoms with Crippen LogP contribution >= 0.6 is 0 Å². The second-order valence-electron chi connectivity index (χ2n) is 7.58. The van der Waals surface area contributed by atoms with Crippen molar-refractivity contribution in [1.82, 2.24) is 5.01 Å². The van der Waals surface area contributed by atoms with E-state index < -0.39 is 4.92 Å². The minimum Gasteiger partial charge on any atom is -0.496 e. The number of nitrogens with zero attached hydrogens (tertiary/aromatic N) is 3. The van der Waals surface area contributed by atoms with Crippen LogP contribution in [0.1, 0.15) is 12.2 Å². The molecular weight excluding hydrogens is 390 g/mol. The number of hydrogen-bond donors (Lipinski definition) is 0. The summed E-state index contributed by atoms with van der Waals surface area (Å²) in [4.78, 5) is 35.9. The molecule has 2 heterocycles. The van der Waals surface area contributed by atoms with Crippen molar-refractivity contribution < 1.29 is 23.7 Å². The second-order valence-corrected chi connectivity index (χ2v) is 7.58. The molecule has 0 spiro atoms. The topological polar surface area (TPSA) is 115 Å². The number of amides is 2. The number of methoxy groups -OCH3 is 1. The molecule has 1 aromatic carbocycles. The van der Waals surface area contributed by atoms with Gasteiger partial charge in [-0.2, -0.15) is 10.1 Å². The van der Waals surface area contributed by atoms with Crippen molar-refractivity contribution >= 4 is 23.7 Å². The van der Waals surface area contributed by atoms with Gasteiger partial charge in [0.15, 0.2) is 0 Å². The van der Waals surface area contributed by atoms with Crippen LogP contribution in [0.15, 0.2) is 52.0 Å². The third-order valence-electron chi connectivity index (χ3n) is 6.03. The highest BCUT2D eigenvalue weighted by molar-refractivity contribution is 6.06. The Balaban J connectivity index is 1.39. The summed E-state index contributed by atoms with van der Waals surface area (Å²) < 4.78 is 11.0. The van der Waals surface area contributed by atoms with Gasteiger partial charge in [0.2, 0.25) is 0 Å². The molecule has 2 amide bonds. The average molecular weight is 407 g/mol. The molecule has 152 valence electrons. The molecule has 9 nitrogen and oxygen atoms in total. The zero-order chi connectivity index (χ0) is 21.0. The van der Waals surface area contributed by atoms with Crippen molar-refractivity contribution in [3.05, 3.63) is 58.4 Å². The molecule has 2 aromatic rings. The lowest BCUT2D eigenvalue weighted by molar-refractivity contribution is -0.384. The standard InChI is InChI=1S/C21H17N3O6/c1-29-16-6-4-13(24(27)28)9-15(16)17-7-5-14(30-17)10-22-23-20(25)18-11-2-3-12(8-11)19(18)21(23)26/h2-7,9-12,18-19H,8H2,1H3/b22-10-/t11-,12+,18+,19-. The van der Waals surface area contributed by atoms with E-state index in [2.05, 4.69) is 5.10 Å². The lowest BCUT2D eigenvalue weighted by atomic mass is 9.85. The molecule has 2 bridgehead atoms. The number of carbonyl (C=O) groups is 2. The van der Waals surface area contributed by atoms with Crippen molar-refractivity contribution in [2.75, 3.05) is 7.11 Å². The highest BCUT2D eigenvalue weighted by Crippen LogP contribution is 2.52. The fraction of sp³-hybridized carbons (Fsp3) is 0.286. The summed E-state index contributed by atoms with van der Waals surface area (Å²) in [6, 6.07) is 7.42. The lowest BCUT2D eigenvalue weighted by Crippen LogP contribution is -2.28. The van der Waals surface area contributed by atoms with E-state index in [9.17, 15) is 19.7 Å². The molecular formula is C21H17N3O6. The highest BCUT2D eigenvalue weighted by atomic mass is 16.6. The number of non-ortho nitro benzene ring substituents is 1. The molecule has 0 radical (unpaired) electrons.